The van der Waals surface area contributed by atoms with E-state index in [0.29, 0.717) is 11.7 Å². The molecule has 340 valence electrons. The fourth-order valence-electron chi connectivity index (χ4n) is 10.7. The van der Waals surface area contributed by atoms with Crippen molar-refractivity contribution in [2.45, 2.75) is 32.1 Å². The lowest BCUT2D eigenvalue weighted by molar-refractivity contribution is 0.661. The third-order valence-corrected chi connectivity index (χ3v) is 14.4. The van der Waals surface area contributed by atoms with Crippen LogP contribution in [0.5, 0.6) is 0 Å². The molecule has 2 aliphatic rings. The van der Waals surface area contributed by atoms with E-state index in [0.717, 1.165) is 79.5 Å². The van der Waals surface area contributed by atoms with Crippen molar-refractivity contribution in [2.24, 2.45) is 15.0 Å². The molecular weight excluding hydrogens is 861 g/mol. The van der Waals surface area contributed by atoms with Crippen LogP contribution in [0.3, 0.4) is 0 Å². The normalized spacial score (nSPS) is 14.3. The molecule has 1 heterocycles. The van der Waals surface area contributed by atoms with Crippen molar-refractivity contribution in [3.8, 4) is 55.6 Å². The van der Waals surface area contributed by atoms with Gasteiger partial charge in [-0.1, -0.05) is 184 Å². The summed E-state index contributed by atoms with van der Waals surface area (Å²) in [6.07, 6.45) is 10.8. The van der Waals surface area contributed by atoms with Gasteiger partial charge in [0.2, 0.25) is 0 Å². The predicted octanol–water partition coefficient (Wildman–Crippen LogP) is 16.9. The fourth-order valence-corrected chi connectivity index (χ4v) is 10.7. The molecule has 0 N–H and O–H groups in total. The first-order valence-electron chi connectivity index (χ1n) is 24.6. The maximum Gasteiger partial charge on any atom is 0.163 e. The molecule has 0 spiro atoms. The Morgan fingerprint density at radius 2 is 0.986 bits per heavy atom. The third kappa shape index (κ3) is 8.17. The van der Waals surface area contributed by atoms with Crippen LogP contribution in [0.2, 0.25) is 0 Å². The molecule has 71 heavy (non-hydrogen) atoms. The zero-order chi connectivity index (χ0) is 47.9. The summed E-state index contributed by atoms with van der Waals surface area (Å²) in [7, 11) is 1.83. The number of rotatable bonds is 8. The smallest absolute Gasteiger partial charge is 0.163 e. The van der Waals surface area contributed by atoms with E-state index in [4.69, 9.17) is 15.0 Å². The molecular formula is C67H52N4. The number of hydrogen-bond donors (Lipinski definition) is 0. The second-order valence-electron chi connectivity index (χ2n) is 19.1. The Labute approximate surface area is 416 Å². The first kappa shape index (κ1) is 43.5. The van der Waals surface area contributed by atoms with Crippen LogP contribution in [0.4, 0.5) is 0 Å². The van der Waals surface area contributed by atoms with Crippen LogP contribution < -0.4 is 0 Å². The first-order chi connectivity index (χ1) is 34.9. The Bertz CT molecular complexity index is 3700. The lowest BCUT2D eigenvalue weighted by Gasteiger charge is -2.21. The van der Waals surface area contributed by atoms with Gasteiger partial charge < -0.3 is 0 Å². The average molecular weight is 913 g/mol. The van der Waals surface area contributed by atoms with Crippen molar-refractivity contribution in [1.29, 1.82) is 0 Å². The quantitative estimate of drug-likeness (QED) is 0.108. The number of allylic oxidation sites excluding steroid dienone is 4. The summed E-state index contributed by atoms with van der Waals surface area (Å²) in [6, 6.07) is 76.3. The summed E-state index contributed by atoms with van der Waals surface area (Å²) < 4.78 is 2.28. The molecule has 0 bridgehead atoms. The molecule has 0 fully saturated rings. The monoisotopic (exact) mass is 912 g/mol. The topological polar surface area (TPSA) is 42.0 Å². The second kappa shape index (κ2) is 18.3. The molecule has 4 nitrogen and oxygen atoms in total. The first-order valence-corrected chi connectivity index (χ1v) is 24.6. The molecule has 12 rings (SSSR count). The molecule has 0 atom stereocenters. The van der Waals surface area contributed by atoms with Gasteiger partial charge in [-0.25, -0.2) is 9.98 Å². The van der Waals surface area contributed by atoms with E-state index in [-0.39, 0.29) is 5.41 Å². The number of nitrogens with zero attached hydrogens (tertiary/aromatic N) is 4. The zero-order valence-electron chi connectivity index (χ0n) is 40.2. The van der Waals surface area contributed by atoms with Gasteiger partial charge in [0, 0.05) is 34.4 Å². The Balaban J connectivity index is 1.10. The van der Waals surface area contributed by atoms with Crippen molar-refractivity contribution in [3.05, 3.63) is 258 Å². The molecule has 2 aliphatic carbocycles. The minimum absolute atomic E-state index is 0.180. The SMILES string of the molecule is CN=C(N=C(N=Cn1c2ccc(C3=CC=CCC3)cc2c2cc3c(cc21)C(C)(C)c1ccccc1-3)c1cc(-c2ccccc2)cc(-c2ccccc2)c1)c1cc(-c2ccccc2)cc(-c2ccccc2)c1. The van der Waals surface area contributed by atoms with Gasteiger partial charge >= 0.3 is 0 Å². The van der Waals surface area contributed by atoms with Gasteiger partial charge in [0.15, 0.2) is 11.7 Å². The number of hydrogen-bond acceptors (Lipinski definition) is 1. The molecule has 1 aromatic heterocycles. The van der Waals surface area contributed by atoms with E-state index in [1.54, 1.807) is 0 Å². The van der Waals surface area contributed by atoms with Crippen molar-refractivity contribution >= 4 is 45.4 Å². The molecule has 0 radical (unpaired) electrons. The number of benzene rings is 9. The average Bonchev–Trinajstić information content (AvgIpc) is 3.86. The number of aromatic nitrogens is 1. The fraction of sp³-hybridized carbons (Fsp3) is 0.0896. The summed E-state index contributed by atoms with van der Waals surface area (Å²) in [5.41, 5.74) is 20.5. The summed E-state index contributed by atoms with van der Waals surface area (Å²) in [5.74, 6) is 1.13. The van der Waals surface area contributed by atoms with Gasteiger partial charge in [-0.2, -0.15) is 0 Å². The van der Waals surface area contributed by atoms with Crippen LogP contribution in [0.25, 0.3) is 83.0 Å². The van der Waals surface area contributed by atoms with Crippen LogP contribution in [0.1, 0.15) is 54.5 Å². The summed E-state index contributed by atoms with van der Waals surface area (Å²) in [5, 5.41) is 2.40. The van der Waals surface area contributed by atoms with Crippen LogP contribution in [-0.2, 0) is 5.41 Å². The van der Waals surface area contributed by atoms with E-state index < -0.39 is 0 Å². The lowest BCUT2D eigenvalue weighted by atomic mass is 9.82. The highest BCUT2D eigenvalue weighted by atomic mass is 15.1. The van der Waals surface area contributed by atoms with Crippen LogP contribution in [0.15, 0.2) is 246 Å². The van der Waals surface area contributed by atoms with Gasteiger partial charge in [0.25, 0.3) is 0 Å². The lowest BCUT2D eigenvalue weighted by Crippen LogP contribution is -2.15. The molecule has 0 saturated heterocycles. The Kier molecular flexibility index (Phi) is 11.2. The highest BCUT2D eigenvalue weighted by molar-refractivity contribution is 6.18. The van der Waals surface area contributed by atoms with Crippen molar-refractivity contribution in [1.82, 2.24) is 4.57 Å². The van der Waals surface area contributed by atoms with E-state index in [2.05, 4.69) is 249 Å². The molecule has 4 heteroatoms. The standard InChI is InChI=1S/C67H52N4/c1-67(2)61-32-20-19-31-57(61)58-42-60-59-41-50(45-21-9-4-10-22-45)33-34-63(59)71(64(60)43-62(58)67)44-69-66(56-39-53(48-27-15-7-16-28-48)36-54(40-56)49-29-17-8-18-30-49)70-65(68-3)55-37-51(46-23-11-5-12-24-46)35-52(38-55)47-25-13-6-14-26-47/h4-9,11-21,23-44H,10,22H2,1-3H3. The van der Waals surface area contributed by atoms with E-state index in [1.165, 1.54) is 44.2 Å². The highest BCUT2D eigenvalue weighted by Crippen LogP contribution is 2.51. The molecule has 9 aromatic carbocycles. The molecule has 0 unspecified atom stereocenters. The third-order valence-electron chi connectivity index (χ3n) is 14.4. The Hall–Kier alpha value is -8.73. The number of aliphatic imine (C=N–C) groups is 3. The minimum Gasteiger partial charge on any atom is -0.300 e. The van der Waals surface area contributed by atoms with Gasteiger partial charge in [0.05, 0.1) is 11.0 Å². The Morgan fingerprint density at radius 3 is 1.52 bits per heavy atom. The van der Waals surface area contributed by atoms with E-state index in [9.17, 15) is 0 Å². The minimum atomic E-state index is -0.180. The van der Waals surface area contributed by atoms with Gasteiger partial charge in [0.1, 0.15) is 6.34 Å². The van der Waals surface area contributed by atoms with E-state index in [1.807, 2.05) is 13.4 Å². The van der Waals surface area contributed by atoms with Crippen molar-refractivity contribution in [2.75, 3.05) is 7.05 Å². The van der Waals surface area contributed by atoms with Crippen LogP contribution in [0, 0.1) is 0 Å². The molecule has 0 saturated carbocycles. The maximum absolute atomic E-state index is 5.56. The predicted molar refractivity (Wildman–Crippen MR) is 301 cm³/mol. The molecule has 0 amide bonds. The Morgan fingerprint density at radius 1 is 0.465 bits per heavy atom. The number of fused-ring (bicyclic) bond motifs is 6. The van der Waals surface area contributed by atoms with Gasteiger partial charge in [-0.15, -0.1) is 0 Å². The number of amidine groups is 2. The largest absolute Gasteiger partial charge is 0.300 e. The van der Waals surface area contributed by atoms with Gasteiger partial charge in [-0.3, -0.25) is 9.56 Å². The van der Waals surface area contributed by atoms with Gasteiger partial charge in [-0.05, 0) is 151 Å². The summed E-state index contributed by atoms with van der Waals surface area (Å²) in [4.78, 5) is 16.1. The highest BCUT2D eigenvalue weighted by Gasteiger charge is 2.36. The molecule has 0 aliphatic heterocycles. The van der Waals surface area contributed by atoms with Crippen molar-refractivity contribution in [3.63, 3.8) is 0 Å². The summed E-state index contributed by atoms with van der Waals surface area (Å²) >= 11 is 0. The van der Waals surface area contributed by atoms with E-state index >= 15 is 0 Å². The van der Waals surface area contributed by atoms with Crippen molar-refractivity contribution < 1.29 is 0 Å². The molecule has 10 aromatic rings. The maximum atomic E-state index is 5.56. The summed E-state index contributed by atoms with van der Waals surface area (Å²) in [6.45, 7) is 4.70. The van der Waals surface area contributed by atoms with Crippen LogP contribution in [-0.4, -0.2) is 29.6 Å². The van der Waals surface area contributed by atoms with Crippen LogP contribution >= 0.6 is 0 Å². The second-order valence-corrected chi connectivity index (χ2v) is 19.1. The zero-order valence-corrected chi connectivity index (χ0v) is 40.2.